The molecule has 1 aromatic heterocycles. The van der Waals surface area contributed by atoms with Crippen molar-refractivity contribution in [2.75, 3.05) is 25.7 Å². The van der Waals surface area contributed by atoms with Crippen LogP contribution in [0.1, 0.15) is 5.01 Å². The van der Waals surface area contributed by atoms with Crippen LogP contribution >= 0.6 is 11.3 Å². The van der Waals surface area contributed by atoms with E-state index in [1.54, 1.807) is 47.5 Å². The SMILES string of the molecule is COc1ccc(N2C(=O)C(=O)N(CN(C)Cc3nc4ccccc4s3)C2=O)cc1. The Kier molecular flexibility index (Phi) is 4.99. The van der Waals surface area contributed by atoms with E-state index in [0.29, 0.717) is 18.0 Å². The molecule has 1 aliphatic rings. The lowest BCUT2D eigenvalue weighted by molar-refractivity contribution is -0.140. The van der Waals surface area contributed by atoms with Crippen LogP contribution in [0.15, 0.2) is 48.5 Å². The molecule has 2 heterocycles. The first-order chi connectivity index (χ1) is 14.0. The molecule has 0 saturated carbocycles. The molecule has 4 rings (SSSR count). The number of anilines is 1. The highest BCUT2D eigenvalue weighted by Crippen LogP contribution is 2.26. The minimum atomic E-state index is -0.867. The van der Waals surface area contributed by atoms with Gasteiger partial charge in [-0.3, -0.25) is 14.5 Å². The van der Waals surface area contributed by atoms with E-state index in [-0.39, 0.29) is 6.67 Å². The summed E-state index contributed by atoms with van der Waals surface area (Å²) in [7, 11) is 3.29. The van der Waals surface area contributed by atoms with Gasteiger partial charge in [-0.25, -0.2) is 19.6 Å². The third-order valence-electron chi connectivity index (χ3n) is 4.51. The summed E-state index contributed by atoms with van der Waals surface area (Å²) >= 11 is 1.56. The number of benzene rings is 2. The number of carbonyl (C=O) groups excluding carboxylic acids is 3. The highest BCUT2D eigenvalue weighted by atomic mass is 32.1. The molecule has 148 valence electrons. The third kappa shape index (κ3) is 3.57. The summed E-state index contributed by atoms with van der Waals surface area (Å²) in [6.45, 7) is 0.444. The van der Waals surface area contributed by atoms with Crippen LogP contribution in [0.3, 0.4) is 0 Å². The van der Waals surface area contributed by atoms with Gasteiger partial charge in [0.25, 0.3) is 0 Å². The number of ether oxygens (including phenoxy) is 1. The van der Waals surface area contributed by atoms with Crippen molar-refractivity contribution in [1.82, 2.24) is 14.8 Å². The van der Waals surface area contributed by atoms with Crippen LogP contribution in [0.2, 0.25) is 0 Å². The Hall–Kier alpha value is -3.30. The van der Waals surface area contributed by atoms with Crippen molar-refractivity contribution in [3.05, 3.63) is 53.5 Å². The van der Waals surface area contributed by atoms with Crippen molar-refractivity contribution in [3.63, 3.8) is 0 Å². The molecule has 4 amide bonds. The number of carbonyl (C=O) groups is 3. The number of aromatic nitrogens is 1. The van der Waals surface area contributed by atoms with Crippen LogP contribution in [-0.4, -0.2) is 53.5 Å². The number of hydrogen-bond acceptors (Lipinski definition) is 7. The lowest BCUT2D eigenvalue weighted by atomic mass is 10.3. The van der Waals surface area contributed by atoms with Gasteiger partial charge in [-0.05, 0) is 43.4 Å². The van der Waals surface area contributed by atoms with Gasteiger partial charge in [-0.15, -0.1) is 11.3 Å². The molecule has 3 aromatic rings. The van der Waals surface area contributed by atoms with Crippen LogP contribution in [0.4, 0.5) is 10.5 Å². The first-order valence-corrected chi connectivity index (χ1v) is 9.66. The van der Waals surface area contributed by atoms with E-state index in [0.717, 1.165) is 25.0 Å². The van der Waals surface area contributed by atoms with Gasteiger partial charge in [0.1, 0.15) is 10.8 Å². The molecule has 0 radical (unpaired) electrons. The molecule has 0 spiro atoms. The van der Waals surface area contributed by atoms with Crippen molar-refractivity contribution in [2.45, 2.75) is 6.54 Å². The third-order valence-corrected chi connectivity index (χ3v) is 5.53. The Morgan fingerprint density at radius 3 is 2.45 bits per heavy atom. The fourth-order valence-electron chi connectivity index (χ4n) is 3.10. The van der Waals surface area contributed by atoms with E-state index in [1.807, 2.05) is 24.3 Å². The molecule has 1 aliphatic heterocycles. The average Bonchev–Trinajstić information content (AvgIpc) is 3.22. The van der Waals surface area contributed by atoms with Crippen molar-refractivity contribution < 1.29 is 19.1 Å². The monoisotopic (exact) mass is 410 g/mol. The van der Waals surface area contributed by atoms with Crippen LogP contribution in [0.25, 0.3) is 10.2 Å². The molecule has 0 N–H and O–H groups in total. The number of rotatable bonds is 6. The number of fused-ring (bicyclic) bond motifs is 1. The summed E-state index contributed by atoms with van der Waals surface area (Å²) in [4.78, 5) is 45.7. The van der Waals surface area contributed by atoms with E-state index < -0.39 is 17.8 Å². The number of nitrogens with zero attached hydrogens (tertiary/aromatic N) is 4. The van der Waals surface area contributed by atoms with Gasteiger partial charge in [-0.1, -0.05) is 12.1 Å². The quantitative estimate of drug-likeness (QED) is 0.459. The molecule has 0 bridgehead atoms. The highest BCUT2D eigenvalue weighted by molar-refractivity contribution is 7.18. The number of para-hydroxylation sites is 1. The lowest BCUT2D eigenvalue weighted by Gasteiger charge is -2.21. The summed E-state index contributed by atoms with van der Waals surface area (Å²) in [6, 6.07) is 13.5. The van der Waals surface area contributed by atoms with Crippen molar-refractivity contribution in [3.8, 4) is 5.75 Å². The maximum Gasteiger partial charge on any atom is 0.340 e. The van der Waals surface area contributed by atoms with Gasteiger partial charge in [0, 0.05) is 0 Å². The molecule has 1 saturated heterocycles. The van der Waals surface area contributed by atoms with Crippen molar-refractivity contribution in [2.24, 2.45) is 0 Å². The number of methoxy groups -OCH3 is 1. The number of imide groups is 2. The Balaban J connectivity index is 1.48. The second-order valence-corrected chi connectivity index (χ2v) is 7.70. The standard InChI is InChI=1S/C20H18N4O4S/c1-22(11-17-21-15-5-3-4-6-16(15)29-17)12-23-18(25)19(26)24(20(23)27)13-7-9-14(28-2)10-8-13/h3-10H,11-12H2,1-2H3. The predicted octanol–water partition coefficient (Wildman–Crippen LogP) is 2.69. The van der Waals surface area contributed by atoms with Gasteiger partial charge in [0.2, 0.25) is 0 Å². The summed E-state index contributed by atoms with van der Waals surface area (Å²) in [5, 5.41) is 0.867. The second-order valence-electron chi connectivity index (χ2n) is 6.59. The second kappa shape index (κ2) is 7.61. The van der Waals surface area contributed by atoms with Crippen LogP contribution in [-0.2, 0) is 16.1 Å². The Bertz CT molecular complexity index is 1060. The molecular formula is C20H18N4O4S. The smallest absolute Gasteiger partial charge is 0.340 e. The zero-order valence-corrected chi connectivity index (χ0v) is 16.7. The predicted molar refractivity (Wildman–Crippen MR) is 109 cm³/mol. The number of urea groups is 1. The largest absolute Gasteiger partial charge is 0.497 e. The molecule has 0 aliphatic carbocycles. The minimum Gasteiger partial charge on any atom is -0.497 e. The fraction of sp³-hybridized carbons (Fsp3) is 0.200. The topological polar surface area (TPSA) is 83.1 Å². The van der Waals surface area contributed by atoms with Gasteiger partial charge in [0.15, 0.2) is 0 Å². The van der Waals surface area contributed by atoms with Gasteiger partial charge >= 0.3 is 17.8 Å². The lowest BCUT2D eigenvalue weighted by Crippen LogP contribution is -2.40. The van der Waals surface area contributed by atoms with Crippen LogP contribution in [0, 0.1) is 0 Å². The first-order valence-electron chi connectivity index (χ1n) is 8.85. The molecule has 0 atom stereocenters. The zero-order chi connectivity index (χ0) is 20.5. The Morgan fingerprint density at radius 1 is 1.03 bits per heavy atom. The summed E-state index contributed by atoms with van der Waals surface area (Å²) in [5.41, 5.74) is 1.24. The first kappa shape index (κ1) is 19.0. The van der Waals surface area contributed by atoms with E-state index in [9.17, 15) is 14.4 Å². The number of thiazole rings is 1. The maximum absolute atomic E-state index is 12.7. The fourth-order valence-corrected chi connectivity index (χ4v) is 4.15. The Labute approximate surface area is 170 Å². The Morgan fingerprint density at radius 2 is 1.76 bits per heavy atom. The maximum atomic E-state index is 12.7. The normalized spacial score (nSPS) is 14.5. The molecule has 29 heavy (non-hydrogen) atoms. The molecule has 8 nitrogen and oxygen atoms in total. The van der Waals surface area contributed by atoms with Crippen molar-refractivity contribution >= 4 is 45.1 Å². The van der Waals surface area contributed by atoms with Gasteiger partial charge in [-0.2, -0.15) is 0 Å². The molecule has 9 heteroatoms. The molecule has 0 unspecified atom stereocenters. The molecule has 2 aromatic carbocycles. The number of hydrogen-bond donors (Lipinski definition) is 0. The summed E-state index contributed by atoms with van der Waals surface area (Å²) in [6.07, 6.45) is 0. The van der Waals surface area contributed by atoms with E-state index >= 15 is 0 Å². The number of amides is 4. The molecular weight excluding hydrogens is 392 g/mol. The van der Waals surface area contributed by atoms with Gasteiger partial charge in [0.05, 0.1) is 36.2 Å². The van der Waals surface area contributed by atoms with E-state index in [1.165, 1.54) is 7.11 Å². The molecule has 1 fully saturated rings. The summed E-state index contributed by atoms with van der Waals surface area (Å²) < 4.78 is 6.16. The van der Waals surface area contributed by atoms with Crippen LogP contribution in [0.5, 0.6) is 5.75 Å². The zero-order valence-electron chi connectivity index (χ0n) is 15.9. The highest BCUT2D eigenvalue weighted by Gasteiger charge is 2.45. The van der Waals surface area contributed by atoms with E-state index in [2.05, 4.69) is 4.98 Å². The van der Waals surface area contributed by atoms with Gasteiger partial charge < -0.3 is 4.74 Å². The van der Waals surface area contributed by atoms with E-state index in [4.69, 9.17) is 4.74 Å². The average molecular weight is 410 g/mol. The summed E-state index contributed by atoms with van der Waals surface area (Å²) in [5.74, 6) is -1.12. The van der Waals surface area contributed by atoms with Crippen molar-refractivity contribution in [1.29, 1.82) is 0 Å². The minimum absolute atomic E-state index is 0.00795. The van der Waals surface area contributed by atoms with Crippen LogP contribution < -0.4 is 9.64 Å².